The van der Waals surface area contributed by atoms with Gasteiger partial charge in [0.2, 0.25) is 5.95 Å². The van der Waals surface area contributed by atoms with Crippen molar-refractivity contribution in [2.45, 2.75) is 25.1 Å². The first-order valence-electron chi connectivity index (χ1n) is 9.48. The zero-order valence-corrected chi connectivity index (χ0v) is 17.6. The summed E-state index contributed by atoms with van der Waals surface area (Å²) in [5.74, 6) is -2.16. The van der Waals surface area contributed by atoms with Crippen molar-refractivity contribution in [3.05, 3.63) is 76.1 Å². The van der Waals surface area contributed by atoms with Crippen LogP contribution in [0.15, 0.2) is 48.7 Å². The molecule has 0 saturated heterocycles. The van der Waals surface area contributed by atoms with E-state index in [9.17, 15) is 27.9 Å². The molecule has 1 aromatic heterocycles. The number of hydrogen-bond donors (Lipinski definition) is 1. The van der Waals surface area contributed by atoms with Gasteiger partial charge >= 0.3 is 12.1 Å². The number of aromatic nitrogens is 2. The van der Waals surface area contributed by atoms with Gasteiger partial charge in [0.1, 0.15) is 11.2 Å². The van der Waals surface area contributed by atoms with E-state index in [0.717, 1.165) is 23.2 Å². The van der Waals surface area contributed by atoms with Crippen molar-refractivity contribution in [1.82, 2.24) is 9.55 Å². The summed E-state index contributed by atoms with van der Waals surface area (Å²) >= 11 is 5.91. The molecule has 0 saturated carbocycles. The highest BCUT2D eigenvalue weighted by molar-refractivity contribution is 6.31. The Bertz CT molecular complexity index is 1330. The number of halogens is 4. The highest BCUT2D eigenvalue weighted by Gasteiger charge is 2.51. The molecule has 0 bridgehead atoms. The van der Waals surface area contributed by atoms with Gasteiger partial charge in [-0.3, -0.25) is 9.36 Å². The maximum atomic E-state index is 13.6. The number of fused-ring (bicyclic) bond motifs is 1. The van der Waals surface area contributed by atoms with Gasteiger partial charge < -0.3 is 5.11 Å². The first-order valence-corrected chi connectivity index (χ1v) is 9.86. The Kier molecular flexibility index (Phi) is 5.17. The molecule has 4 rings (SSSR count). The minimum Gasteiger partial charge on any atom is -0.477 e. The monoisotopic (exact) mass is 474 g/mol. The molecule has 1 amide bonds. The van der Waals surface area contributed by atoms with Crippen molar-refractivity contribution >= 4 is 35.1 Å². The Labute approximate surface area is 190 Å². The Balaban J connectivity index is 1.88. The standard InChI is InChI=1S/C22H14ClF3N4O3/c1-21(9-12-2-4-13(10-27)5-3-12)19(33)29(20-28-11-17(18(31)32)30(20)21)16-7-14(22(24,25)26)6-15(23)8-16/h2-8,11H,9H2,1H3,(H,31,32). The molecule has 1 atom stereocenters. The zero-order valence-electron chi connectivity index (χ0n) is 16.9. The summed E-state index contributed by atoms with van der Waals surface area (Å²) < 4.78 is 41.3. The summed E-state index contributed by atoms with van der Waals surface area (Å²) in [7, 11) is 0. The lowest BCUT2D eigenvalue weighted by Crippen LogP contribution is -2.42. The van der Waals surface area contributed by atoms with Gasteiger partial charge in [0.15, 0.2) is 0 Å². The van der Waals surface area contributed by atoms with Crippen LogP contribution in [0.3, 0.4) is 0 Å². The Morgan fingerprint density at radius 3 is 2.48 bits per heavy atom. The van der Waals surface area contributed by atoms with Crippen LogP contribution in [-0.4, -0.2) is 26.5 Å². The normalized spacial score (nSPS) is 17.7. The highest BCUT2D eigenvalue weighted by atomic mass is 35.5. The van der Waals surface area contributed by atoms with Gasteiger partial charge in [0, 0.05) is 11.4 Å². The van der Waals surface area contributed by atoms with Crippen molar-refractivity contribution in [2.75, 3.05) is 4.90 Å². The lowest BCUT2D eigenvalue weighted by atomic mass is 9.91. The van der Waals surface area contributed by atoms with E-state index in [-0.39, 0.29) is 28.8 Å². The number of carboxylic acids is 1. The summed E-state index contributed by atoms with van der Waals surface area (Å²) in [6, 6.07) is 11.0. The van der Waals surface area contributed by atoms with Crippen molar-refractivity contribution in [3.63, 3.8) is 0 Å². The van der Waals surface area contributed by atoms with E-state index in [2.05, 4.69) is 4.98 Å². The Morgan fingerprint density at radius 2 is 1.91 bits per heavy atom. The smallest absolute Gasteiger partial charge is 0.416 e. The minimum absolute atomic E-state index is 0.00434. The zero-order chi connectivity index (χ0) is 24.1. The molecule has 1 aliphatic rings. The molecule has 0 fully saturated rings. The predicted molar refractivity (Wildman–Crippen MR) is 111 cm³/mol. The van der Waals surface area contributed by atoms with Crippen molar-refractivity contribution in [3.8, 4) is 6.07 Å². The third-order valence-corrected chi connectivity index (χ3v) is 5.64. The number of nitriles is 1. The lowest BCUT2D eigenvalue weighted by molar-refractivity contribution is -0.137. The van der Waals surface area contributed by atoms with Crippen LogP contribution in [0.2, 0.25) is 5.02 Å². The number of nitrogens with zero attached hydrogens (tertiary/aromatic N) is 4. The average Bonchev–Trinajstić information content (AvgIpc) is 3.26. The first-order chi connectivity index (χ1) is 15.5. The van der Waals surface area contributed by atoms with Crippen molar-refractivity contribution < 1.29 is 27.9 Å². The Morgan fingerprint density at radius 1 is 1.24 bits per heavy atom. The Hall–Kier alpha value is -3.84. The second-order valence-electron chi connectivity index (χ2n) is 7.68. The second-order valence-corrected chi connectivity index (χ2v) is 8.12. The van der Waals surface area contributed by atoms with Crippen LogP contribution in [0.1, 0.15) is 34.1 Å². The maximum absolute atomic E-state index is 13.6. The number of carbonyl (C=O) groups excluding carboxylic acids is 1. The fourth-order valence-electron chi connectivity index (χ4n) is 3.91. The second kappa shape index (κ2) is 7.64. The molecule has 0 spiro atoms. The molecule has 1 N–H and O–H groups in total. The summed E-state index contributed by atoms with van der Waals surface area (Å²) in [4.78, 5) is 30.4. The molecule has 33 heavy (non-hydrogen) atoms. The van der Waals surface area contributed by atoms with Crippen LogP contribution in [0.25, 0.3) is 0 Å². The third-order valence-electron chi connectivity index (χ3n) is 5.42. The first kappa shape index (κ1) is 22.4. The molecule has 7 nitrogen and oxygen atoms in total. The molecule has 2 aromatic carbocycles. The number of rotatable bonds is 4. The van der Waals surface area contributed by atoms with E-state index < -0.39 is 29.2 Å². The van der Waals surface area contributed by atoms with E-state index in [1.165, 1.54) is 17.6 Å². The van der Waals surface area contributed by atoms with E-state index in [0.29, 0.717) is 11.1 Å². The molecular formula is C22H14ClF3N4O3. The molecule has 3 aromatic rings. The van der Waals surface area contributed by atoms with E-state index in [1.54, 1.807) is 24.3 Å². The van der Waals surface area contributed by atoms with E-state index in [1.807, 2.05) is 6.07 Å². The minimum atomic E-state index is -4.71. The van der Waals surface area contributed by atoms with E-state index in [4.69, 9.17) is 16.9 Å². The van der Waals surface area contributed by atoms with Crippen LogP contribution in [-0.2, 0) is 22.9 Å². The summed E-state index contributed by atoms with van der Waals surface area (Å²) in [6.07, 6.45) is -3.66. The van der Waals surface area contributed by atoms with Crippen LogP contribution in [0.5, 0.6) is 0 Å². The van der Waals surface area contributed by atoms with Crippen molar-refractivity contribution in [2.24, 2.45) is 0 Å². The summed E-state index contributed by atoms with van der Waals surface area (Å²) in [5, 5.41) is 18.4. The van der Waals surface area contributed by atoms with Crippen LogP contribution in [0.4, 0.5) is 24.8 Å². The quantitative estimate of drug-likeness (QED) is 0.587. The number of anilines is 2. The van der Waals surface area contributed by atoms with Gasteiger partial charge in [0.25, 0.3) is 5.91 Å². The van der Waals surface area contributed by atoms with Crippen LogP contribution < -0.4 is 4.90 Å². The number of imidazole rings is 1. The van der Waals surface area contributed by atoms with Gasteiger partial charge in [-0.25, -0.2) is 14.7 Å². The fourth-order valence-corrected chi connectivity index (χ4v) is 4.14. The molecule has 11 heteroatoms. The number of benzene rings is 2. The topological polar surface area (TPSA) is 99.2 Å². The summed E-state index contributed by atoms with van der Waals surface area (Å²) in [5.41, 5.74) is -2.05. The molecule has 1 unspecified atom stereocenters. The number of alkyl halides is 3. The highest BCUT2D eigenvalue weighted by Crippen LogP contribution is 2.44. The molecule has 0 radical (unpaired) electrons. The predicted octanol–water partition coefficient (Wildman–Crippen LogP) is 4.76. The number of carbonyl (C=O) groups is 2. The molecular weight excluding hydrogens is 461 g/mol. The number of amides is 1. The SMILES string of the molecule is CC1(Cc2ccc(C#N)cc2)C(=O)N(c2cc(Cl)cc(C(F)(F)F)c2)c2ncc(C(=O)O)n21. The van der Waals surface area contributed by atoms with Crippen LogP contribution >= 0.6 is 11.6 Å². The summed E-state index contributed by atoms with van der Waals surface area (Å²) in [6.45, 7) is 1.49. The number of hydrogen-bond acceptors (Lipinski definition) is 4. The number of carboxylic acid groups (broad SMARTS) is 1. The lowest BCUT2D eigenvalue weighted by Gasteiger charge is -2.26. The maximum Gasteiger partial charge on any atom is 0.416 e. The number of aromatic carboxylic acids is 1. The molecule has 168 valence electrons. The largest absolute Gasteiger partial charge is 0.477 e. The van der Waals surface area contributed by atoms with Gasteiger partial charge in [-0.15, -0.1) is 0 Å². The molecule has 2 heterocycles. The third kappa shape index (κ3) is 3.70. The van der Waals surface area contributed by atoms with Crippen molar-refractivity contribution in [1.29, 1.82) is 5.26 Å². The molecule has 1 aliphatic heterocycles. The van der Waals surface area contributed by atoms with Gasteiger partial charge in [-0.1, -0.05) is 23.7 Å². The van der Waals surface area contributed by atoms with Crippen LogP contribution in [0, 0.1) is 11.3 Å². The fraction of sp³-hybridized carbons (Fsp3) is 0.182. The van der Waals surface area contributed by atoms with E-state index >= 15 is 0 Å². The average molecular weight is 475 g/mol. The van der Waals surface area contributed by atoms with Gasteiger partial charge in [0.05, 0.1) is 29.1 Å². The van der Waals surface area contributed by atoms with Gasteiger partial charge in [-0.05, 0) is 42.8 Å². The van der Waals surface area contributed by atoms with Gasteiger partial charge in [-0.2, -0.15) is 18.4 Å². The molecule has 0 aliphatic carbocycles.